The molecule has 0 radical (unpaired) electrons. The Balaban J connectivity index is 2.19. The predicted octanol–water partition coefficient (Wildman–Crippen LogP) is 2.08. The Morgan fingerprint density at radius 3 is 2.03 bits per heavy atom. The molecule has 0 aliphatic heterocycles. The van der Waals surface area contributed by atoms with E-state index in [0.29, 0.717) is 0 Å². The van der Waals surface area contributed by atoms with Gasteiger partial charge in [0.15, 0.2) is 0 Å². The van der Waals surface area contributed by atoms with Gasteiger partial charge in [0, 0.05) is 39.8 Å². The molecule has 5 N–H and O–H groups in total. The lowest BCUT2D eigenvalue weighted by atomic mass is 10.1. The monoisotopic (exact) mass is 467 g/mol. The SMILES string of the molecule is Nc1ccc(S(=O)(=O)O)c2cc(NC(=O)c3ccc([N+](=O)[O-])cc3)cc(S(=O)(=O)O)c12. The lowest BCUT2D eigenvalue weighted by Crippen LogP contribution is -2.13. The molecule has 3 aromatic rings. The number of nitrogen functional groups attached to an aromatic ring is 1. The van der Waals surface area contributed by atoms with E-state index in [-0.39, 0.29) is 33.4 Å². The van der Waals surface area contributed by atoms with E-state index < -0.39 is 40.9 Å². The highest BCUT2D eigenvalue weighted by molar-refractivity contribution is 7.86. The number of non-ortho nitro benzene ring substituents is 1. The van der Waals surface area contributed by atoms with Crippen LogP contribution >= 0.6 is 0 Å². The highest BCUT2D eigenvalue weighted by Crippen LogP contribution is 2.35. The number of nitro groups is 1. The summed E-state index contributed by atoms with van der Waals surface area (Å²) in [7, 11) is -9.76. The largest absolute Gasteiger partial charge is 0.398 e. The third-order valence-corrected chi connectivity index (χ3v) is 6.01. The third-order valence-electron chi connectivity index (χ3n) is 4.22. The molecule has 0 fully saturated rings. The maximum absolute atomic E-state index is 12.5. The number of benzene rings is 3. The molecule has 0 aliphatic rings. The number of nitrogens with two attached hydrogens (primary N) is 1. The van der Waals surface area contributed by atoms with Crippen molar-refractivity contribution < 1.29 is 35.7 Å². The van der Waals surface area contributed by atoms with E-state index in [2.05, 4.69) is 5.32 Å². The van der Waals surface area contributed by atoms with Crippen LogP contribution in [0.15, 0.2) is 58.3 Å². The molecule has 162 valence electrons. The average Bonchev–Trinajstić information content (AvgIpc) is 2.66. The van der Waals surface area contributed by atoms with Crippen LogP contribution in [0.5, 0.6) is 0 Å². The van der Waals surface area contributed by atoms with Crippen molar-refractivity contribution in [3.8, 4) is 0 Å². The van der Waals surface area contributed by atoms with E-state index in [1.54, 1.807) is 0 Å². The highest BCUT2D eigenvalue weighted by atomic mass is 32.2. The van der Waals surface area contributed by atoms with Crippen LogP contribution in [0, 0.1) is 10.1 Å². The van der Waals surface area contributed by atoms with Gasteiger partial charge in [-0.25, -0.2) is 0 Å². The first kappa shape index (κ1) is 22.1. The van der Waals surface area contributed by atoms with Gasteiger partial charge in [0.25, 0.3) is 31.8 Å². The van der Waals surface area contributed by atoms with Gasteiger partial charge >= 0.3 is 0 Å². The molecule has 12 nitrogen and oxygen atoms in total. The minimum atomic E-state index is -4.93. The molecular weight excluding hydrogens is 454 g/mol. The van der Waals surface area contributed by atoms with E-state index >= 15 is 0 Å². The number of nitro benzene ring substituents is 1. The second-order valence-electron chi connectivity index (χ2n) is 6.26. The molecule has 14 heteroatoms. The van der Waals surface area contributed by atoms with Gasteiger partial charge in [-0.15, -0.1) is 0 Å². The van der Waals surface area contributed by atoms with E-state index in [4.69, 9.17) is 5.73 Å². The lowest BCUT2D eigenvalue weighted by Gasteiger charge is -2.13. The average molecular weight is 467 g/mol. The Kier molecular flexibility index (Phi) is 5.41. The summed E-state index contributed by atoms with van der Waals surface area (Å²) >= 11 is 0. The minimum absolute atomic E-state index is 0.0262. The summed E-state index contributed by atoms with van der Waals surface area (Å²) in [4.78, 5) is 21.0. The van der Waals surface area contributed by atoms with Gasteiger partial charge < -0.3 is 11.1 Å². The maximum atomic E-state index is 12.5. The van der Waals surface area contributed by atoms with Crippen molar-refractivity contribution in [1.82, 2.24) is 0 Å². The molecule has 0 spiro atoms. The van der Waals surface area contributed by atoms with Gasteiger partial charge in [-0.1, -0.05) is 0 Å². The number of amides is 1. The van der Waals surface area contributed by atoms with Crippen LogP contribution in [-0.2, 0) is 20.2 Å². The number of hydrogen-bond acceptors (Lipinski definition) is 8. The van der Waals surface area contributed by atoms with Gasteiger partial charge in [0.05, 0.1) is 4.92 Å². The van der Waals surface area contributed by atoms with E-state index in [1.807, 2.05) is 0 Å². The van der Waals surface area contributed by atoms with Gasteiger partial charge in [-0.05, 0) is 36.4 Å². The lowest BCUT2D eigenvalue weighted by molar-refractivity contribution is -0.384. The van der Waals surface area contributed by atoms with Crippen LogP contribution in [0.3, 0.4) is 0 Å². The molecule has 0 heterocycles. The normalized spacial score (nSPS) is 11.9. The Labute approximate surface area is 174 Å². The molecule has 0 bridgehead atoms. The van der Waals surface area contributed by atoms with Crippen LogP contribution in [0.1, 0.15) is 10.4 Å². The smallest absolute Gasteiger partial charge is 0.295 e. The summed E-state index contributed by atoms with van der Waals surface area (Å²) in [6.07, 6.45) is 0. The van der Waals surface area contributed by atoms with Crippen LogP contribution in [0.4, 0.5) is 17.1 Å². The standard InChI is InChI=1S/C17H13N3O9S2/c18-13-5-6-14(30(24,25)26)12-7-10(8-15(16(12)13)31(27,28)29)19-17(21)9-1-3-11(4-2-9)20(22)23/h1-8H,18H2,(H,19,21)(H,24,25,26)(H,27,28,29). The Bertz CT molecular complexity index is 1450. The molecule has 0 unspecified atom stereocenters. The fourth-order valence-corrected chi connectivity index (χ4v) is 4.33. The van der Waals surface area contributed by atoms with Gasteiger partial charge in [0.2, 0.25) is 0 Å². The van der Waals surface area contributed by atoms with Crippen molar-refractivity contribution in [2.24, 2.45) is 0 Å². The number of rotatable bonds is 5. The molecule has 0 aromatic heterocycles. The number of nitrogens with zero attached hydrogens (tertiary/aromatic N) is 1. The quantitative estimate of drug-likeness (QED) is 0.186. The number of carbonyl (C=O) groups is 1. The van der Waals surface area contributed by atoms with E-state index in [9.17, 15) is 40.8 Å². The molecule has 0 atom stereocenters. The molecule has 0 aliphatic carbocycles. The summed E-state index contributed by atoms with van der Waals surface area (Å²) in [6.45, 7) is 0. The van der Waals surface area contributed by atoms with Crippen molar-refractivity contribution in [3.05, 3.63) is 64.2 Å². The number of carbonyl (C=O) groups excluding carboxylic acids is 1. The highest BCUT2D eigenvalue weighted by Gasteiger charge is 2.24. The fraction of sp³-hybridized carbons (Fsp3) is 0. The zero-order chi connectivity index (χ0) is 23.1. The maximum Gasteiger partial charge on any atom is 0.295 e. The van der Waals surface area contributed by atoms with Crippen molar-refractivity contribution >= 4 is 54.0 Å². The van der Waals surface area contributed by atoms with Gasteiger partial charge in [-0.2, -0.15) is 16.8 Å². The van der Waals surface area contributed by atoms with Crippen LogP contribution in [0.2, 0.25) is 0 Å². The molecule has 31 heavy (non-hydrogen) atoms. The molecule has 0 saturated heterocycles. The van der Waals surface area contributed by atoms with Crippen molar-refractivity contribution in [3.63, 3.8) is 0 Å². The van der Waals surface area contributed by atoms with Crippen molar-refractivity contribution in [1.29, 1.82) is 0 Å². The number of nitrogens with one attached hydrogen (secondary N) is 1. The van der Waals surface area contributed by atoms with Crippen LogP contribution < -0.4 is 11.1 Å². The molecule has 0 saturated carbocycles. The topological polar surface area (TPSA) is 207 Å². The summed E-state index contributed by atoms with van der Waals surface area (Å²) < 4.78 is 66.3. The number of fused-ring (bicyclic) bond motifs is 1. The fourth-order valence-electron chi connectivity index (χ4n) is 2.88. The van der Waals surface area contributed by atoms with Crippen molar-refractivity contribution in [2.45, 2.75) is 9.79 Å². The number of hydrogen-bond donors (Lipinski definition) is 4. The zero-order valence-electron chi connectivity index (χ0n) is 15.2. The molecular formula is C17H13N3O9S2. The zero-order valence-corrected chi connectivity index (χ0v) is 16.8. The Morgan fingerprint density at radius 2 is 1.52 bits per heavy atom. The van der Waals surface area contributed by atoms with Gasteiger partial charge in [-0.3, -0.25) is 24.0 Å². The summed E-state index contributed by atoms with van der Waals surface area (Å²) in [5.74, 6) is -0.812. The molecule has 3 aromatic carbocycles. The first-order valence-corrected chi connectivity index (χ1v) is 11.0. The third kappa shape index (κ3) is 4.46. The van der Waals surface area contributed by atoms with Gasteiger partial charge in [0.1, 0.15) is 9.79 Å². The second kappa shape index (κ2) is 7.59. The Hall–Kier alpha value is -3.59. The summed E-state index contributed by atoms with van der Waals surface area (Å²) in [5, 5.41) is 12.3. The predicted molar refractivity (Wildman–Crippen MR) is 109 cm³/mol. The molecule has 3 rings (SSSR count). The first-order valence-electron chi connectivity index (χ1n) is 8.16. The van der Waals surface area contributed by atoms with E-state index in [1.165, 1.54) is 0 Å². The van der Waals surface area contributed by atoms with Crippen LogP contribution in [-0.4, -0.2) is 36.8 Å². The second-order valence-corrected chi connectivity index (χ2v) is 9.04. The minimum Gasteiger partial charge on any atom is -0.398 e. The Morgan fingerprint density at radius 1 is 0.935 bits per heavy atom. The molecule has 1 amide bonds. The number of anilines is 2. The van der Waals surface area contributed by atoms with Crippen molar-refractivity contribution in [2.75, 3.05) is 11.1 Å². The van der Waals surface area contributed by atoms with E-state index in [0.717, 1.165) is 48.5 Å². The first-order chi connectivity index (χ1) is 14.3. The van der Waals surface area contributed by atoms with Crippen LogP contribution in [0.25, 0.3) is 10.8 Å². The summed E-state index contributed by atoms with van der Waals surface area (Å²) in [5.41, 5.74) is 5.01. The summed E-state index contributed by atoms with van der Waals surface area (Å²) in [6, 6.07) is 8.33.